The fourth-order valence-electron chi connectivity index (χ4n) is 2.53. The van der Waals surface area contributed by atoms with Gasteiger partial charge in [-0.25, -0.2) is 18.6 Å². The number of aliphatic hydroxyl groups is 1. The Kier molecular flexibility index (Phi) is 5.53. The van der Waals surface area contributed by atoms with Crippen molar-refractivity contribution in [2.24, 2.45) is 15.3 Å². The zero-order valence-corrected chi connectivity index (χ0v) is 16.4. The van der Waals surface area contributed by atoms with Crippen LogP contribution in [0.5, 0.6) is 0 Å². The predicted octanol–water partition coefficient (Wildman–Crippen LogP) is 1.88. The lowest BCUT2D eigenvalue weighted by molar-refractivity contribution is -0.384. The van der Waals surface area contributed by atoms with E-state index >= 15 is 0 Å². The van der Waals surface area contributed by atoms with E-state index < -0.39 is 21.2 Å². The minimum Gasteiger partial charge on any atom is -0.366 e. The molecule has 1 unspecified atom stereocenters. The molecule has 0 saturated carbocycles. The van der Waals surface area contributed by atoms with E-state index in [-0.39, 0.29) is 27.0 Å². The normalized spacial score (nSPS) is 18.1. The molecule has 0 saturated heterocycles. The Morgan fingerprint density at radius 1 is 1.31 bits per heavy atom. The first kappa shape index (κ1) is 20.7. The molecule has 0 aliphatic carbocycles. The molecule has 0 bridgehead atoms. The molecule has 2 aromatic carbocycles. The summed E-state index contributed by atoms with van der Waals surface area (Å²) in [6.07, 6.45) is -1.28. The molecule has 11 nitrogen and oxygen atoms in total. The van der Waals surface area contributed by atoms with Crippen LogP contribution in [0.4, 0.5) is 17.1 Å². The number of primary sulfonamides is 1. The summed E-state index contributed by atoms with van der Waals surface area (Å²) in [5.74, 6) is 0. The van der Waals surface area contributed by atoms with E-state index in [2.05, 4.69) is 15.6 Å². The molecule has 0 amide bonds. The number of hydrogen-bond donors (Lipinski definition) is 3. The molecule has 2 aromatic rings. The third-order valence-corrected chi connectivity index (χ3v) is 5.25. The van der Waals surface area contributed by atoms with Crippen LogP contribution in [0.25, 0.3) is 0 Å². The Hall–Kier alpha value is -3.06. The highest BCUT2D eigenvalue weighted by Crippen LogP contribution is 2.28. The maximum atomic E-state index is 11.4. The van der Waals surface area contributed by atoms with E-state index in [0.29, 0.717) is 11.4 Å². The second kappa shape index (κ2) is 7.75. The second-order valence-corrected chi connectivity index (χ2v) is 7.94. The molecule has 0 fully saturated rings. The molecule has 1 aliphatic heterocycles. The maximum Gasteiger partial charge on any atom is 0.271 e. The summed E-state index contributed by atoms with van der Waals surface area (Å²) in [5, 5.41) is 36.2. The number of nitrogens with two attached hydrogens (primary N) is 1. The molecule has 13 heteroatoms. The number of benzene rings is 2. The molecular formula is C16H15ClN6O5S. The van der Waals surface area contributed by atoms with Crippen LogP contribution in [-0.2, 0) is 10.0 Å². The molecule has 1 atom stereocenters. The first-order chi connectivity index (χ1) is 13.6. The Morgan fingerprint density at radius 3 is 2.55 bits per heavy atom. The molecule has 1 aliphatic rings. The quantitative estimate of drug-likeness (QED) is 0.473. The number of nitrogens with zero attached hydrogens (tertiary/aromatic N) is 4. The highest BCUT2D eigenvalue weighted by molar-refractivity contribution is 7.89. The van der Waals surface area contributed by atoms with Crippen molar-refractivity contribution in [3.05, 3.63) is 57.6 Å². The van der Waals surface area contributed by atoms with Crippen molar-refractivity contribution in [1.82, 2.24) is 0 Å². The van der Waals surface area contributed by atoms with E-state index in [1.54, 1.807) is 6.92 Å². The number of hydrazone groups is 2. The number of non-ortho nitro benzene ring substituents is 1. The average molecular weight is 439 g/mol. The zero-order chi connectivity index (χ0) is 21.3. The number of sulfonamides is 1. The number of hydrogen-bond acceptors (Lipinski definition) is 9. The lowest BCUT2D eigenvalue weighted by Gasteiger charge is -2.19. The molecule has 1 heterocycles. The van der Waals surface area contributed by atoms with Gasteiger partial charge in [-0.05, 0) is 37.3 Å². The number of halogens is 1. The summed E-state index contributed by atoms with van der Waals surface area (Å²) in [6.45, 7) is 1.61. The maximum absolute atomic E-state index is 11.4. The lowest BCUT2D eigenvalue weighted by atomic mass is 10.2. The first-order valence-corrected chi connectivity index (χ1v) is 9.93. The van der Waals surface area contributed by atoms with Gasteiger partial charge in [-0.3, -0.25) is 15.5 Å². The summed E-state index contributed by atoms with van der Waals surface area (Å²) in [4.78, 5) is 10.3. The van der Waals surface area contributed by atoms with Gasteiger partial charge in [-0.2, -0.15) is 10.2 Å². The van der Waals surface area contributed by atoms with E-state index in [1.807, 2.05) is 0 Å². The van der Waals surface area contributed by atoms with Crippen molar-refractivity contribution < 1.29 is 18.4 Å². The summed E-state index contributed by atoms with van der Waals surface area (Å²) in [7, 11) is -3.84. The number of aliphatic hydroxyl groups excluding tert-OH is 1. The van der Waals surface area contributed by atoms with Gasteiger partial charge in [-0.1, -0.05) is 11.6 Å². The summed E-state index contributed by atoms with van der Waals surface area (Å²) in [5.41, 5.74) is 3.55. The molecular weight excluding hydrogens is 424 g/mol. The molecule has 0 radical (unpaired) electrons. The van der Waals surface area contributed by atoms with Crippen molar-refractivity contribution >= 4 is 50.1 Å². The zero-order valence-electron chi connectivity index (χ0n) is 14.9. The lowest BCUT2D eigenvalue weighted by Crippen LogP contribution is -2.33. The van der Waals surface area contributed by atoms with Crippen LogP contribution < -0.4 is 15.6 Å². The van der Waals surface area contributed by atoms with E-state index in [4.69, 9.17) is 16.7 Å². The largest absolute Gasteiger partial charge is 0.366 e. The summed E-state index contributed by atoms with van der Waals surface area (Å²) < 4.78 is 22.7. The van der Waals surface area contributed by atoms with Crippen LogP contribution in [0.3, 0.4) is 0 Å². The van der Waals surface area contributed by atoms with Gasteiger partial charge in [0.25, 0.3) is 5.69 Å². The molecule has 152 valence electrons. The van der Waals surface area contributed by atoms with Crippen LogP contribution in [0.1, 0.15) is 6.92 Å². The summed E-state index contributed by atoms with van der Waals surface area (Å²) in [6, 6.07) is 9.28. The topological polar surface area (TPSA) is 164 Å². The van der Waals surface area contributed by atoms with Crippen LogP contribution in [0, 0.1) is 10.1 Å². The number of nitrogens with one attached hydrogen (secondary N) is 1. The van der Waals surface area contributed by atoms with Crippen LogP contribution in [-0.4, -0.2) is 36.1 Å². The van der Waals surface area contributed by atoms with E-state index in [9.17, 15) is 23.6 Å². The van der Waals surface area contributed by atoms with Gasteiger partial charge in [-0.15, -0.1) is 0 Å². The Bertz CT molecular complexity index is 1130. The monoisotopic (exact) mass is 438 g/mol. The molecule has 0 spiro atoms. The molecule has 0 aromatic heterocycles. The van der Waals surface area contributed by atoms with Crippen LogP contribution in [0.2, 0.25) is 5.02 Å². The van der Waals surface area contributed by atoms with Gasteiger partial charge in [0.05, 0.1) is 31.9 Å². The fraction of sp³-hybridized carbons (Fsp3) is 0.125. The minimum atomic E-state index is -3.84. The minimum absolute atomic E-state index is 0.0773. The van der Waals surface area contributed by atoms with Crippen molar-refractivity contribution in [2.45, 2.75) is 18.0 Å². The molecule has 29 heavy (non-hydrogen) atoms. The number of rotatable bonds is 5. The first-order valence-electron chi connectivity index (χ1n) is 8.01. The van der Waals surface area contributed by atoms with Gasteiger partial charge in [0, 0.05) is 12.1 Å². The third-order valence-electron chi connectivity index (χ3n) is 3.99. The van der Waals surface area contributed by atoms with Crippen molar-refractivity contribution in [3.63, 3.8) is 0 Å². The Labute approximate surface area is 170 Å². The summed E-state index contributed by atoms with van der Waals surface area (Å²) >= 11 is 6.02. The SMILES string of the molecule is CC1=NN(c2ccc(S(N)(=O)=O)cc2)C(O)/C1=N\Nc1cc([N+](=O)[O-])ccc1Cl. The number of anilines is 2. The van der Waals surface area contributed by atoms with Gasteiger partial charge < -0.3 is 5.11 Å². The third kappa shape index (κ3) is 4.35. The van der Waals surface area contributed by atoms with Crippen molar-refractivity contribution in [1.29, 1.82) is 0 Å². The van der Waals surface area contributed by atoms with Gasteiger partial charge in [0.2, 0.25) is 10.0 Å². The number of nitro groups is 1. The second-order valence-electron chi connectivity index (χ2n) is 5.97. The number of nitro benzene ring substituents is 1. The fourth-order valence-corrected chi connectivity index (χ4v) is 3.20. The van der Waals surface area contributed by atoms with Crippen molar-refractivity contribution in [2.75, 3.05) is 10.4 Å². The van der Waals surface area contributed by atoms with E-state index in [0.717, 1.165) is 0 Å². The van der Waals surface area contributed by atoms with Gasteiger partial charge in [0.15, 0.2) is 6.23 Å². The van der Waals surface area contributed by atoms with Crippen molar-refractivity contribution in [3.8, 4) is 0 Å². The Balaban J connectivity index is 1.84. The standard InChI is InChI=1S/C16H15ClN6O5S/c1-9-15(20-19-14-8-11(23(25)26)4-7-13(14)17)16(24)22(21-9)10-2-5-12(6-3-10)29(18,27)28/h2-8,16,19,24H,1H3,(H2,18,27,28)/b20-15-. The smallest absolute Gasteiger partial charge is 0.271 e. The highest BCUT2D eigenvalue weighted by atomic mass is 35.5. The highest BCUT2D eigenvalue weighted by Gasteiger charge is 2.31. The van der Waals surface area contributed by atoms with Crippen LogP contribution in [0.15, 0.2) is 57.6 Å². The van der Waals surface area contributed by atoms with Crippen LogP contribution >= 0.6 is 11.6 Å². The Morgan fingerprint density at radius 2 is 1.97 bits per heavy atom. The molecule has 3 rings (SSSR count). The van der Waals surface area contributed by atoms with E-state index in [1.165, 1.54) is 47.5 Å². The molecule has 4 N–H and O–H groups in total. The average Bonchev–Trinajstić information content (AvgIpc) is 2.94. The van der Waals surface area contributed by atoms with Gasteiger partial charge in [0.1, 0.15) is 5.71 Å². The predicted molar refractivity (Wildman–Crippen MR) is 109 cm³/mol. The van der Waals surface area contributed by atoms with Gasteiger partial charge >= 0.3 is 0 Å².